The Hall–Kier alpha value is -1.75. The van der Waals surface area contributed by atoms with Crippen molar-refractivity contribution >= 4 is 5.91 Å². The highest BCUT2D eigenvalue weighted by molar-refractivity contribution is 5.97. The number of phenols is 1. The number of hydrogen-bond acceptors (Lipinski definition) is 4. The molecule has 0 saturated carbocycles. The molecule has 5 nitrogen and oxygen atoms in total. The summed E-state index contributed by atoms with van der Waals surface area (Å²) >= 11 is 0. The third-order valence-corrected chi connectivity index (χ3v) is 4.14. The van der Waals surface area contributed by atoms with Crippen LogP contribution in [0.25, 0.3) is 0 Å². The van der Waals surface area contributed by atoms with Crippen molar-refractivity contribution in [3.63, 3.8) is 0 Å². The van der Waals surface area contributed by atoms with E-state index in [1.54, 1.807) is 17.0 Å². The minimum absolute atomic E-state index is 0.0442. The van der Waals surface area contributed by atoms with E-state index >= 15 is 0 Å². The summed E-state index contributed by atoms with van der Waals surface area (Å²) in [6.45, 7) is 4.12. The smallest absolute Gasteiger partial charge is 0.257 e. The maximum Gasteiger partial charge on any atom is 0.257 e. The van der Waals surface area contributed by atoms with Crippen LogP contribution in [0.5, 0.6) is 11.5 Å². The van der Waals surface area contributed by atoms with Crippen LogP contribution in [-0.4, -0.2) is 42.7 Å². The number of nitrogens with zero attached hydrogens (tertiary/aromatic N) is 1. The van der Waals surface area contributed by atoms with Gasteiger partial charge in [-0.3, -0.25) is 4.79 Å². The third-order valence-electron chi connectivity index (χ3n) is 4.14. The summed E-state index contributed by atoms with van der Waals surface area (Å²) in [6, 6.07) is 4.74. The number of ether oxygens (including phenoxy) is 1. The molecule has 1 heterocycles. The molecule has 0 aromatic heterocycles. The fourth-order valence-electron chi connectivity index (χ4n) is 2.63. The van der Waals surface area contributed by atoms with Crippen molar-refractivity contribution in [2.75, 3.05) is 26.7 Å². The SMILES string of the molecule is COc1ccc(C(=O)N2CCC(C)C(CN)C2)c(O)c1. The van der Waals surface area contributed by atoms with Crippen LogP contribution in [0.2, 0.25) is 0 Å². The first-order valence-electron chi connectivity index (χ1n) is 6.93. The van der Waals surface area contributed by atoms with Gasteiger partial charge in [0, 0.05) is 19.2 Å². The molecule has 2 atom stereocenters. The summed E-state index contributed by atoms with van der Waals surface area (Å²) in [5.41, 5.74) is 6.07. The zero-order chi connectivity index (χ0) is 14.7. The summed E-state index contributed by atoms with van der Waals surface area (Å²) in [7, 11) is 1.52. The summed E-state index contributed by atoms with van der Waals surface area (Å²) < 4.78 is 5.02. The molecule has 5 heteroatoms. The van der Waals surface area contributed by atoms with Crippen molar-refractivity contribution in [1.29, 1.82) is 0 Å². The van der Waals surface area contributed by atoms with Crippen molar-refractivity contribution < 1.29 is 14.6 Å². The largest absolute Gasteiger partial charge is 0.507 e. The fourth-order valence-corrected chi connectivity index (χ4v) is 2.63. The summed E-state index contributed by atoms with van der Waals surface area (Å²) in [6.07, 6.45) is 0.949. The Kier molecular flexibility index (Phi) is 4.49. The number of aromatic hydroxyl groups is 1. The van der Waals surface area contributed by atoms with Crippen molar-refractivity contribution in [3.8, 4) is 11.5 Å². The second-order valence-electron chi connectivity index (χ2n) is 5.40. The van der Waals surface area contributed by atoms with Gasteiger partial charge in [-0.2, -0.15) is 0 Å². The zero-order valence-electron chi connectivity index (χ0n) is 12.0. The van der Waals surface area contributed by atoms with Gasteiger partial charge >= 0.3 is 0 Å². The topological polar surface area (TPSA) is 75.8 Å². The Bertz CT molecular complexity index is 490. The number of hydrogen-bond donors (Lipinski definition) is 2. The Morgan fingerprint density at radius 1 is 1.55 bits per heavy atom. The Balaban J connectivity index is 2.15. The highest BCUT2D eigenvalue weighted by Gasteiger charge is 2.29. The lowest BCUT2D eigenvalue weighted by Crippen LogP contribution is -2.45. The van der Waals surface area contributed by atoms with Gasteiger partial charge in [-0.05, 0) is 36.9 Å². The number of amides is 1. The first-order chi connectivity index (χ1) is 9.56. The number of phenolic OH excluding ortho intramolecular Hbond substituents is 1. The molecule has 1 aromatic carbocycles. The highest BCUT2D eigenvalue weighted by Crippen LogP contribution is 2.28. The molecule has 1 aromatic rings. The third kappa shape index (κ3) is 2.88. The van der Waals surface area contributed by atoms with E-state index < -0.39 is 0 Å². The van der Waals surface area contributed by atoms with Gasteiger partial charge in [0.2, 0.25) is 0 Å². The lowest BCUT2D eigenvalue weighted by atomic mass is 9.87. The van der Waals surface area contributed by atoms with Crippen molar-refractivity contribution in [1.82, 2.24) is 4.90 Å². The van der Waals surface area contributed by atoms with Crippen molar-refractivity contribution in [2.45, 2.75) is 13.3 Å². The fraction of sp³-hybridized carbons (Fsp3) is 0.533. The van der Waals surface area contributed by atoms with Crippen LogP contribution in [0.1, 0.15) is 23.7 Å². The first kappa shape index (κ1) is 14.7. The number of carbonyl (C=O) groups excluding carboxylic acids is 1. The average Bonchev–Trinajstić information content (AvgIpc) is 2.47. The molecule has 1 fully saturated rings. The van der Waals surface area contributed by atoms with Crippen LogP contribution >= 0.6 is 0 Å². The van der Waals surface area contributed by atoms with Gasteiger partial charge in [0.1, 0.15) is 11.5 Å². The van der Waals surface area contributed by atoms with E-state index in [-0.39, 0.29) is 11.7 Å². The lowest BCUT2D eigenvalue weighted by molar-refractivity contribution is 0.0615. The predicted molar refractivity (Wildman–Crippen MR) is 76.9 cm³/mol. The van der Waals surface area contributed by atoms with Gasteiger partial charge in [-0.25, -0.2) is 0 Å². The van der Waals surface area contributed by atoms with Gasteiger partial charge in [-0.15, -0.1) is 0 Å². The molecule has 0 bridgehead atoms. The number of nitrogens with two attached hydrogens (primary N) is 1. The van der Waals surface area contributed by atoms with Crippen LogP contribution < -0.4 is 10.5 Å². The molecule has 0 spiro atoms. The van der Waals surface area contributed by atoms with Crippen LogP contribution in [0.3, 0.4) is 0 Å². The minimum Gasteiger partial charge on any atom is -0.507 e. The Labute approximate surface area is 119 Å². The first-order valence-corrected chi connectivity index (χ1v) is 6.93. The van der Waals surface area contributed by atoms with Crippen LogP contribution in [0, 0.1) is 11.8 Å². The molecule has 0 radical (unpaired) electrons. The lowest BCUT2D eigenvalue weighted by Gasteiger charge is -2.36. The van der Waals surface area contributed by atoms with E-state index in [2.05, 4.69) is 6.92 Å². The molecule has 20 heavy (non-hydrogen) atoms. The van der Waals surface area contributed by atoms with E-state index in [4.69, 9.17) is 10.5 Å². The minimum atomic E-state index is -0.143. The molecule has 1 amide bonds. The number of piperidine rings is 1. The Morgan fingerprint density at radius 3 is 2.90 bits per heavy atom. The zero-order valence-corrected chi connectivity index (χ0v) is 12.0. The second-order valence-corrected chi connectivity index (χ2v) is 5.40. The maximum absolute atomic E-state index is 12.5. The normalized spacial score (nSPS) is 22.6. The monoisotopic (exact) mass is 278 g/mol. The van der Waals surface area contributed by atoms with Crippen LogP contribution in [0.15, 0.2) is 18.2 Å². The molecule has 0 aliphatic carbocycles. The summed E-state index contributed by atoms with van der Waals surface area (Å²) in [5.74, 6) is 1.21. The number of methoxy groups -OCH3 is 1. The summed E-state index contributed by atoms with van der Waals surface area (Å²) in [4.78, 5) is 14.2. The van der Waals surface area contributed by atoms with Gasteiger partial charge in [0.05, 0.1) is 12.7 Å². The molecule has 1 saturated heterocycles. The van der Waals surface area contributed by atoms with Crippen LogP contribution in [0.4, 0.5) is 0 Å². The molecule has 2 unspecified atom stereocenters. The quantitative estimate of drug-likeness (QED) is 0.877. The second kappa shape index (κ2) is 6.13. The van der Waals surface area contributed by atoms with E-state index in [0.717, 1.165) is 6.42 Å². The molecule has 110 valence electrons. The predicted octanol–water partition coefficient (Wildman–Crippen LogP) is 1.46. The molecular formula is C15H22N2O3. The van der Waals surface area contributed by atoms with Gasteiger partial charge in [0.15, 0.2) is 0 Å². The summed E-state index contributed by atoms with van der Waals surface area (Å²) in [5, 5.41) is 9.95. The average molecular weight is 278 g/mol. The number of benzene rings is 1. The molecule has 2 rings (SSSR count). The standard InChI is InChI=1S/C15H22N2O3/c1-10-5-6-17(9-11(10)8-16)15(19)13-4-3-12(20-2)7-14(13)18/h3-4,7,10-11,18H,5-6,8-9,16H2,1-2H3. The van der Waals surface area contributed by atoms with Crippen molar-refractivity contribution in [3.05, 3.63) is 23.8 Å². The van der Waals surface area contributed by atoms with E-state index in [0.29, 0.717) is 42.8 Å². The van der Waals surface area contributed by atoms with Crippen molar-refractivity contribution in [2.24, 2.45) is 17.6 Å². The van der Waals surface area contributed by atoms with E-state index in [9.17, 15) is 9.90 Å². The number of rotatable bonds is 3. The number of likely N-dealkylation sites (tertiary alicyclic amines) is 1. The van der Waals surface area contributed by atoms with E-state index in [1.807, 2.05) is 0 Å². The number of carbonyl (C=O) groups is 1. The van der Waals surface area contributed by atoms with Gasteiger partial charge < -0.3 is 20.5 Å². The van der Waals surface area contributed by atoms with Gasteiger partial charge in [-0.1, -0.05) is 6.92 Å². The van der Waals surface area contributed by atoms with Crippen LogP contribution in [-0.2, 0) is 0 Å². The molecule has 1 aliphatic rings. The molecule has 1 aliphatic heterocycles. The molecule has 3 N–H and O–H groups in total. The van der Waals surface area contributed by atoms with Gasteiger partial charge in [0.25, 0.3) is 5.91 Å². The maximum atomic E-state index is 12.5. The Morgan fingerprint density at radius 2 is 2.30 bits per heavy atom. The van der Waals surface area contributed by atoms with E-state index in [1.165, 1.54) is 13.2 Å². The highest BCUT2D eigenvalue weighted by atomic mass is 16.5. The molecular weight excluding hydrogens is 256 g/mol.